The molecule has 0 spiro atoms. The Morgan fingerprint density at radius 1 is 1.26 bits per heavy atom. The van der Waals surface area contributed by atoms with Gasteiger partial charge in [-0.05, 0) is 25.5 Å². The SMILES string of the molecule is COc1cc2nn(C)nc2cc1NC(=O)N1CCc2c(N3CCN[C@@H](C)C3)ccnc21. The molecule has 1 fully saturated rings. The van der Waals surface area contributed by atoms with Gasteiger partial charge in [-0.15, -0.1) is 0 Å². The molecule has 0 bridgehead atoms. The summed E-state index contributed by atoms with van der Waals surface area (Å²) < 4.78 is 5.47. The average Bonchev–Trinajstić information content (AvgIpc) is 3.35. The number of ether oxygens (including phenoxy) is 1. The van der Waals surface area contributed by atoms with Crippen LogP contribution in [0.5, 0.6) is 5.75 Å². The van der Waals surface area contributed by atoms with Gasteiger partial charge >= 0.3 is 6.03 Å². The molecule has 2 aliphatic rings. The smallest absolute Gasteiger partial charge is 0.327 e. The Bertz CT molecular complexity index is 1140. The van der Waals surface area contributed by atoms with Gasteiger partial charge in [-0.1, -0.05) is 0 Å². The Kier molecular flexibility index (Phi) is 4.85. The Labute approximate surface area is 180 Å². The van der Waals surface area contributed by atoms with Crippen LogP contribution in [-0.4, -0.2) is 65.3 Å². The first-order chi connectivity index (χ1) is 15.0. The number of benzene rings is 1. The van der Waals surface area contributed by atoms with E-state index in [4.69, 9.17) is 4.74 Å². The molecule has 1 saturated heterocycles. The highest BCUT2D eigenvalue weighted by Crippen LogP contribution is 2.35. The van der Waals surface area contributed by atoms with Gasteiger partial charge in [0.2, 0.25) is 0 Å². The fourth-order valence-electron chi connectivity index (χ4n) is 4.42. The molecule has 2 aliphatic heterocycles. The second-order valence-electron chi connectivity index (χ2n) is 8.00. The number of hydrogen-bond acceptors (Lipinski definition) is 7. The summed E-state index contributed by atoms with van der Waals surface area (Å²) in [6.45, 7) is 5.62. The quantitative estimate of drug-likeness (QED) is 0.663. The molecule has 0 radical (unpaired) electrons. The van der Waals surface area contributed by atoms with Gasteiger partial charge in [0.15, 0.2) is 0 Å². The molecule has 2 N–H and O–H groups in total. The van der Waals surface area contributed by atoms with Crippen molar-refractivity contribution in [3.63, 3.8) is 0 Å². The second-order valence-corrected chi connectivity index (χ2v) is 8.00. The summed E-state index contributed by atoms with van der Waals surface area (Å²) in [4.78, 5) is 23.3. The van der Waals surface area contributed by atoms with E-state index in [-0.39, 0.29) is 6.03 Å². The molecular formula is C21H26N8O2. The molecule has 2 amide bonds. The summed E-state index contributed by atoms with van der Waals surface area (Å²) in [5, 5.41) is 15.1. The number of nitrogens with one attached hydrogen (secondary N) is 2. The van der Waals surface area contributed by atoms with Crippen molar-refractivity contribution in [3.05, 3.63) is 30.0 Å². The van der Waals surface area contributed by atoms with Crippen LogP contribution in [0.15, 0.2) is 24.4 Å². The van der Waals surface area contributed by atoms with Crippen molar-refractivity contribution in [3.8, 4) is 5.75 Å². The van der Waals surface area contributed by atoms with E-state index < -0.39 is 0 Å². The molecule has 0 aliphatic carbocycles. The fourth-order valence-corrected chi connectivity index (χ4v) is 4.42. The van der Waals surface area contributed by atoms with E-state index in [1.54, 1.807) is 37.4 Å². The van der Waals surface area contributed by atoms with E-state index in [2.05, 4.69) is 43.7 Å². The first kappa shape index (κ1) is 19.6. The molecule has 0 unspecified atom stereocenters. The van der Waals surface area contributed by atoms with Crippen LogP contribution in [0.4, 0.5) is 22.0 Å². The third-order valence-electron chi connectivity index (χ3n) is 5.85. The maximum absolute atomic E-state index is 13.2. The van der Waals surface area contributed by atoms with Crippen LogP contribution in [0.3, 0.4) is 0 Å². The molecule has 10 nitrogen and oxygen atoms in total. The largest absolute Gasteiger partial charge is 0.494 e. The predicted octanol–water partition coefficient (Wildman–Crippen LogP) is 1.76. The number of fused-ring (bicyclic) bond motifs is 2. The number of amides is 2. The number of aromatic nitrogens is 4. The van der Waals surface area contributed by atoms with Crippen LogP contribution < -0.4 is 25.2 Å². The molecule has 3 aromatic rings. The monoisotopic (exact) mass is 422 g/mol. The molecule has 4 heterocycles. The number of piperazine rings is 1. The Balaban J connectivity index is 1.41. The van der Waals surface area contributed by atoms with Gasteiger partial charge in [0, 0.05) is 62.8 Å². The lowest BCUT2D eigenvalue weighted by Gasteiger charge is -2.34. The normalized spacial score (nSPS) is 18.4. The second kappa shape index (κ2) is 7.69. The number of carbonyl (C=O) groups is 1. The minimum absolute atomic E-state index is 0.237. The zero-order valence-electron chi connectivity index (χ0n) is 17.9. The highest BCUT2D eigenvalue weighted by Gasteiger charge is 2.31. The van der Waals surface area contributed by atoms with E-state index in [9.17, 15) is 4.79 Å². The number of rotatable bonds is 3. The first-order valence-electron chi connectivity index (χ1n) is 10.5. The summed E-state index contributed by atoms with van der Waals surface area (Å²) in [6.07, 6.45) is 2.57. The van der Waals surface area contributed by atoms with Crippen molar-refractivity contribution in [1.82, 2.24) is 25.3 Å². The third-order valence-corrected chi connectivity index (χ3v) is 5.85. The van der Waals surface area contributed by atoms with E-state index in [1.807, 2.05) is 0 Å². The number of aryl methyl sites for hydroxylation is 1. The maximum atomic E-state index is 13.2. The summed E-state index contributed by atoms with van der Waals surface area (Å²) >= 11 is 0. The van der Waals surface area contributed by atoms with E-state index >= 15 is 0 Å². The number of nitrogens with zero attached hydrogens (tertiary/aromatic N) is 6. The van der Waals surface area contributed by atoms with Gasteiger partial charge in [-0.2, -0.15) is 15.0 Å². The van der Waals surface area contributed by atoms with Crippen molar-refractivity contribution in [2.24, 2.45) is 7.05 Å². The van der Waals surface area contributed by atoms with Gasteiger partial charge < -0.3 is 20.3 Å². The van der Waals surface area contributed by atoms with Gasteiger partial charge in [-0.3, -0.25) is 4.90 Å². The van der Waals surface area contributed by atoms with Crippen molar-refractivity contribution in [1.29, 1.82) is 0 Å². The lowest BCUT2D eigenvalue weighted by Crippen LogP contribution is -2.49. The number of carbonyl (C=O) groups excluding carboxylic acids is 1. The summed E-state index contributed by atoms with van der Waals surface area (Å²) in [6, 6.07) is 5.81. The lowest BCUT2D eigenvalue weighted by molar-refractivity contribution is 0.257. The molecule has 31 heavy (non-hydrogen) atoms. The minimum atomic E-state index is -0.237. The summed E-state index contributed by atoms with van der Waals surface area (Å²) in [5.41, 5.74) is 4.26. The van der Waals surface area contributed by atoms with Crippen molar-refractivity contribution < 1.29 is 9.53 Å². The van der Waals surface area contributed by atoms with Crippen molar-refractivity contribution >= 4 is 34.3 Å². The number of urea groups is 1. The average molecular weight is 422 g/mol. The lowest BCUT2D eigenvalue weighted by atomic mass is 10.1. The first-order valence-corrected chi connectivity index (χ1v) is 10.5. The van der Waals surface area contributed by atoms with Crippen LogP contribution in [0.1, 0.15) is 12.5 Å². The number of methoxy groups -OCH3 is 1. The zero-order valence-corrected chi connectivity index (χ0v) is 17.9. The van der Waals surface area contributed by atoms with Crippen LogP contribution in [0, 0.1) is 0 Å². The molecule has 2 aromatic heterocycles. The molecule has 10 heteroatoms. The molecular weight excluding hydrogens is 396 g/mol. The fraction of sp³-hybridized carbons (Fsp3) is 0.429. The topological polar surface area (TPSA) is 100 Å². The van der Waals surface area contributed by atoms with E-state index in [0.717, 1.165) is 37.4 Å². The molecule has 1 aromatic carbocycles. The molecule has 0 saturated carbocycles. The zero-order chi connectivity index (χ0) is 21.5. The van der Waals surface area contributed by atoms with E-state index in [0.29, 0.717) is 35.1 Å². The Morgan fingerprint density at radius 3 is 2.84 bits per heavy atom. The van der Waals surface area contributed by atoms with Crippen LogP contribution in [0.25, 0.3) is 11.0 Å². The Hall–Kier alpha value is -3.40. The van der Waals surface area contributed by atoms with Crippen molar-refractivity contribution in [2.45, 2.75) is 19.4 Å². The minimum Gasteiger partial charge on any atom is -0.494 e. The van der Waals surface area contributed by atoms with E-state index in [1.165, 1.54) is 10.5 Å². The van der Waals surface area contributed by atoms with Crippen LogP contribution in [0.2, 0.25) is 0 Å². The molecule has 5 rings (SSSR count). The Morgan fingerprint density at radius 2 is 2.06 bits per heavy atom. The number of hydrogen-bond donors (Lipinski definition) is 2. The molecule has 162 valence electrons. The van der Waals surface area contributed by atoms with Crippen LogP contribution in [-0.2, 0) is 13.5 Å². The van der Waals surface area contributed by atoms with Crippen molar-refractivity contribution in [2.75, 3.05) is 48.4 Å². The highest BCUT2D eigenvalue weighted by molar-refractivity contribution is 6.04. The standard InChI is InChI=1S/C21H26N8O2/c1-13-12-28(9-7-22-13)18-4-6-23-20-14(18)5-8-29(20)21(30)24-17-10-15-16(11-19(17)31-3)26-27(2)25-15/h4,6,10-11,13,22H,5,7-9,12H2,1-3H3,(H,24,30)/t13-/m0/s1. The van der Waals surface area contributed by atoms with Gasteiger partial charge in [0.1, 0.15) is 22.6 Å². The number of pyridine rings is 1. The third kappa shape index (κ3) is 3.52. The van der Waals surface area contributed by atoms with Gasteiger partial charge in [0.25, 0.3) is 0 Å². The molecule has 1 atom stereocenters. The maximum Gasteiger partial charge on any atom is 0.327 e. The van der Waals surface area contributed by atoms with Crippen LogP contribution >= 0.6 is 0 Å². The number of anilines is 3. The summed E-state index contributed by atoms with van der Waals surface area (Å²) in [5.74, 6) is 1.26. The van der Waals surface area contributed by atoms with Gasteiger partial charge in [-0.25, -0.2) is 9.78 Å². The van der Waals surface area contributed by atoms with Gasteiger partial charge in [0.05, 0.1) is 12.8 Å². The summed E-state index contributed by atoms with van der Waals surface area (Å²) in [7, 11) is 3.33. The predicted molar refractivity (Wildman–Crippen MR) is 119 cm³/mol. The highest BCUT2D eigenvalue weighted by atomic mass is 16.5.